The molecule has 1 nitrogen and oxygen atoms in total. The highest BCUT2D eigenvalue weighted by molar-refractivity contribution is 9.10. The van der Waals surface area contributed by atoms with Crippen LogP contribution >= 0.6 is 15.9 Å². The summed E-state index contributed by atoms with van der Waals surface area (Å²) >= 11 is 3.44. The topological polar surface area (TPSA) is 26.0 Å². The Morgan fingerprint density at radius 2 is 1.75 bits per heavy atom. The summed E-state index contributed by atoms with van der Waals surface area (Å²) in [4.78, 5) is 0. The van der Waals surface area contributed by atoms with Gasteiger partial charge in [-0.05, 0) is 36.5 Å². The van der Waals surface area contributed by atoms with E-state index >= 15 is 0 Å². The van der Waals surface area contributed by atoms with Gasteiger partial charge in [0.25, 0.3) is 0 Å². The van der Waals surface area contributed by atoms with Crippen LogP contribution in [0.2, 0.25) is 0 Å². The van der Waals surface area contributed by atoms with Crippen LogP contribution in [0.4, 0.5) is 0 Å². The van der Waals surface area contributed by atoms with E-state index in [1.807, 2.05) is 0 Å². The van der Waals surface area contributed by atoms with Crippen LogP contribution in [0.15, 0.2) is 28.7 Å². The molecular formula is C14H22BrN. The average Bonchev–Trinajstić information content (AvgIpc) is 2.21. The Morgan fingerprint density at radius 1 is 1.12 bits per heavy atom. The SMILES string of the molecule is CC(C)CCCC(N)Cc1ccc(Br)cc1. The molecule has 0 aliphatic heterocycles. The molecule has 2 N–H and O–H groups in total. The highest BCUT2D eigenvalue weighted by Gasteiger charge is 2.04. The summed E-state index contributed by atoms with van der Waals surface area (Å²) in [6.07, 6.45) is 4.66. The second kappa shape index (κ2) is 7.08. The fourth-order valence-corrected chi connectivity index (χ4v) is 2.08. The van der Waals surface area contributed by atoms with E-state index in [0.717, 1.165) is 23.2 Å². The maximum absolute atomic E-state index is 6.12. The predicted molar refractivity (Wildman–Crippen MR) is 74.5 cm³/mol. The Bertz CT molecular complexity index is 292. The Hall–Kier alpha value is -0.340. The van der Waals surface area contributed by atoms with E-state index in [-0.39, 0.29) is 0 Å². The molecule has 0 fully saturated rings. The lowest BCUT2D eigenvalue weighted by molar-refractivity contribution is 0.496. The smallest absolute Gasteiger partial charge is 0.0175 e. The molecule has 0 heterocycles. The second-order valence-corrected chi connectivity index (χ2v) is 5.83. The molecule has 16 heavy (non-hydrogen) atoms. The molecule has 0 amide bonds. The van der Waals surface area contributed by atoms with Gasteiger partial charge in [0.2, 0.25) is 0 Å². The first-order chi connectivity index (χ1) is 7.58. The van der Waals surface area contributed by atoms with Crippen molar-refractivity contribution in [3.05, 3.63) is 34.3 Å². The molecule has 0 saturated heterocycles. The summed E-state index contributed by atoms with van der Waals surface area (Å²) < 4.78 is 1.13. The third kappa shape index (κ3) is 5.66. The number of halogens is 1. The number of nitrogens with two attached hydrogens (primary N) is 1. The molecule has 1 aromatic rings. The first kappa shape index (κ1) is 13.7. The number of benzene rings is 1. The monoisotopic (exact) mass is 283 g/mol. The molecule has 90 valence electrons. The zero-order valence-electron chi connectivity index (χ0n) is 10.2. The molecular weight excluding hydrogens is 262 g/mol. The lowest BCUT2D eigenvalue weighted by atomic mass is 9.99. The Kier molecular flexibility index (Phi) is 6.07. The van der Waals surface area contributed by atoms with E-state index < -0.39 is 0 Å². The molecule has 1 unspecified atom stereocenters. The van der Waals surface area contributed by atoms with Crippen molar-refractivity contribution >= 4 is 15.9 Å². The molecule has 1 rings (SSSR count). The van der Waals surface area contributed by atoms with Gasteiger partial charge in [-0.25, -0.2) is 0 Å². The molecule has 0 bridgehead atoms. The van der Waals surface area contributed by atoms with Gasteiger partial charge in [0.1, 0.15) is 0 Å². The summed E-state index contributed by atoms with van der Waals surface area (Å²) in [6.45, 7) is 4.53. The minimum atomic E-state index is 0.305. The summed E-state index contributed by atoms with van der Waals surface area (Å²) in [5.74, 6) is 0.792. The summed E-state index contributed by atoms with van der Waals surface area (Å²) in [7, 11) is 0. The van der Waals surface area contributed by atoms with Gasteiger partial charge < -0.3 is 5.73 Å². The third-order valence-electron chi connectivity index (χ3n) is 2.77. The molecule has 0 saturated carbocycles. The molecule has 0 aliphatic carbocycles. The average molecular weight is 284 g/mol. The van der Waals surface area contributed by atoms with E-state index in [1.165, 1.54) is 18.4 Å². The molecule has 0 spiro atoms. The lowest BCUT2D eigenvalue weighted by Gasteiger charge is -2.12. The minimum absolute atomic E-state index is 0.305. The number of rotatable bonds is 6. The molecule has 1 aromatic carbocycles. The van der Waals surface area contributed by atoms with Crippen LogP contribution < -0.4 is 5.73 Å². The van der Waals surface area contributed by atoms with Gasteiger partial charge in [-0.3, -0.25) is 0 Å². The van der Waals surface area contributed by atoms with Crippen molar-refractivity contribution in [3.8, 4) is 0 Å². The zero-order valence-corrected chi connectivity index (χ0v) is 11.8. The van der Waals surface area contributed by atoms with Gasteiger partial charge in [0.15, 0.2) is 0 Å². The fraction of sp³-hybridized carbons (Fsp3) is 0.571. The summed E-state index contributed by atoms with van der Waals surface area (Å²) in [6, 6.07) is 8.76. The van der Waals surface area contributed by atoms with Gasteiger partial charge in [0.05, 0.1) is 0 Å². The fourth-order valence-electron chi connectivity index (χ4n) is 1.81. The van der Waals surface area contributed by atoms with Crippen molar-refractivity contribution in [2.75, 3.05) is 0 Å². The van der Waals surface area contributed by atoms with Gasteiger partial charge >= 0.3 is 0 Å². The predicted octanol–water partition coefficient (Wildman–Crippen LogP) is 4.15. The summed E-state index contributed by atoms with van der Waals surface area (Å²) in [5.41, 5.74) is 7.45. The molecule has 0 radical (unpaired) electrons. The highest BCUT2D eigenvalue weighted by Crippen LogP contribution is 2.14. The van der Waals surface area contributed by atoms with Crippen LogP contribution in [0.3, 0.4) is 0 Å². The van der Waals surface area contributed by atoms with Gasteiger partial charge in [-0.1, -0.05) is 54.8 Å². The largest absolute Gasteiger partial charge is 0.327 e. The lowest BCUT2D eigenvalue weighted by Crippen LogP contribution is -2.22. The first-order valence-corrected chi connectivity index (χ1v) is 6.87. The zero-order chi connectivity index (χ0) is 12.0. The van der Waals surface area contributed by atoms with Gasteiger partial charge in [-0.2, -0.15) is 0 Å². The number of hydrogen-bond donors (Lipinski definition) is 1. The summed E-state index contributed by atoms with van der Waals surface area (Å²) in [5, 5.41) is 0. The van der Waals surface area contributed by atoms with Crippen molar-refractivity contribution in [2.45, 2.75) is 45.6 Å². The maximum Gasteiger partial charge on any atom is 0.0175 e. The van der Waals surface area contributed by atoms with Crippen molar-refractivity contribution < 1.29 is 0 Å². The van der Waals surface area contributed by atoms with Crippen molar-refractivity contribution in [1.29, 1.82) is 0 Å². The van der Waals surface area contributed by atoms with E-state index in [1.54, 1.807) is 0 Å². The van der Waals surface area contributed by atoms with Gasteiger partial charge in [0, 0.05) is 10.5 Å². The quantitative estimate of drug-likeness (QED) is 0.834. The third-order valence-corrected chi connectivity index (χ3v) is 3.30. The van der Waals surface area contributed by atoms with Crippen molar-refractivity contribution in [1.82, 2.24) is 0 Å². The van der Waals surface area contributed by atoms with Crippen molar-refractivity contribution in [3.63, 3.8) is 0 Å². The van der Waals surface area contributed by atoms with Crippen LogP contribution in [-0.2, 0) is 6.42 Å². The van der Waals surface area contributed by atoms with Crippen LogP contribution in [-0.4, -0.2) is 6.04 Å². The molecule has 1 atom stereocenters. The van der Waals surface area contributed by atoms with Crippen LogP contribution in [0.5, 0.6) is 0 Å². The van der Waals surface area contributed by atoms with Crippen molar-refractivity contribution in [2.24, 2.45) is 11.7 Å². The first-order valence-electron chi connectivity index (χ1n) is 6.08. The van der Waals surface area contributed by atoms with E-state index in [0.29, 0.717) is 6.04 Å². The van der Waals surface area contributed by atoms with Gasteiger partial charge in [-0.15, -0.1) is 0 Å². The van der Waals surface area contributed by atoms with Crippen LogP contribution in [0.25, 0.3) is 0 Å². The normalized spacial score (nSPS) is 13.1. The maximum atomic E-state index is 6.12. The van der Waals surface area contributed by atoms with Crippen LogP contribution in [0, 0.1) is 5.92 Å². The Morgan fingerprint density at radius 3 is 2.31 bits per heavy atom. The minimum Gasteiger partial charge on any atom is -0.327 e. The second-order valence-electron chi connectivity index (χ2n) is 4.92. The van der Waals surface area contributed by atoms with E-state index in [9.17, 15) is 0 Å². The van der Waals surface area contributed by atoms with E-state index in [4.69, 9.17) is 5.73 Å². The van der Waals surface area contributed by atoms with E-state index in [2.05, 4.69) is 54.0 Å². The Balaban J connectivity index is 2.28. The molecule has 0 aromatic heterocycles. The standard InChI is InChI=1S/C14H22BrN/c1-11(2)4-3-5-14(16)10-12-6-8-13(15)9-7-12/h6-9,11,14H,3-5,10,16H2,1-2H3. The Labute approximate surface area is 108 Å². The molecule has 0 aliphatic rings. The molecule has 2 heteroatoms. The highest BCUT2D eigenvalue weighted by atomic mass is 79.9. The number of hydrogen-bond acceptors (Lipinski definition) is 1. The van der Waals surface area contributed by atoms with Crippen LogP contribution in [0.1, 0.15) is 38.7 Å².